The minimum atomic E-state index is -0.341. The Morgan fingerprint density at radius 3 is 2.89 bits per heavy atom. The third kappa shape index (κ3) is 3.32. The van der Waals surface area contributed by atoms with Gasteiger partial charge in [-0.2, -0.15) is 0 Å². The summed E-state index contributed by atoms with van der Waals surface area (Å²) in [6.45, 7) is 4.00. The molecule has 6 heteroatoms. The topological polar surface area (TPSA) is 57.7 Å². The summed E-state index contributed by atoms with van der Waals surface area (Å²) in [6, 6.07) is 0. The maximum atomic E-state index is 11.3. The van der Waals surface area contributed by atoms with Gasteiger partial charge in [-0.05, 0) is 6.92 Å². The molecule has 0 radical (unpaired) electrons. The lowest BCUT2D eigenvalue weighted by Crippen LogP contribution is -2.36. The highest BCUT2D eigenvalue weighted by atomic mass is 32.1. The van der Waals surface area contributed by atoms with Gasteiger partial charge in [0.1, 0.15) is 10.6 Å². The van der Waals surface area contributed by atoms with Crippen LogP contribution >= 0.6 is 11.3 Å². The van der Waals surface area contributed by atoms with Gasteiger partial charge in [0.15, 0.2) is 0 Å². The average Bonchev–Trinajstić information content (AvgIpc) is 2.89. The monoisotopic (exact) mass is 285 g/mol. The summed E-state index contributed by atoms with van der Waals surface area (Å²) >= 11 is 1.55. The van der Waals surface area contributed by atoms with E-state index in [2.05, 4.69) is 9.72 Å². The van der Waals surface area contributed by atoms with Crippen LogP contribution in [0.2, 0.25) is 0 Å². The van der Waals surface area contributed by atoms with Crippen LogP contribution in [0, 0.1) is 0 Å². The van der Waals surface area contributed by atoms with Crippen molar-refractivity contribution in [1.29, 1.82) is 0 Å². The fourth-order valence-electron chi connectivity index (χ4n) is 2.21. The van der Waals surface area contributed by atoms with Crippen molar-refractivity contribution in [3.63, 3.8) is 0 Å². The van der Waals surface area contributed by atoms with Gasteiger partial charge in [0, 0.05) is 38.0 Å². The second-order valence-electron chi connectivity index (χ2n) is 4.44. The number of ether oxygens (including phenoxy) is 3. The zero-order chi connectivity index (χ0) is 13.7. The van der Waals surface area contributed by atoms with Gasteiger partial charge >= 0.3 is 5.97 Å². The van der Waals surface area contributed by atoms with E-state index in [0.29, 0.717) is 19.8 Å². The van der Waals surface area contributed by atoms with Crippen LogP contribution in [0.1, 0.15) is 30.5 Å². The fourth-order valence-corrected chi connectivity index (χ4v) is 3.25. The molecule has 1 aliphatic heterocycles. The smallest absolute Gasteiger partial charge is 0.311 e. The summed E-state index contributed by atoms with van der Waals surface area (Å²) in [6.07, 6.45) is 1.84. The summed E-state index contributed by atoms with van der Waals surface area (Å²) in [5, 5.41) is 2.85. The predicted molar refractivity (Wildman–Crippen MR) is 71.2 cm³/mol. The lowest BCUT2D eigenvalue weighted by Gasteiger charge is -2.35. The standard InChI is InChI=1S/C13H19NO4S/c1-3-18-13(4-6-17-7-5-13)12-14-10(9-19-12)8-11(15)16-2/h9H,3-8H2,1-2H3. The summed E-state index contributed by atoms with van der Waals surface area (Å²) in [5.74, 6) is -0.269. The Morgan fingerprint density at radius 2 is 2.26 bits per heavy atom. The quantitative estimate of drug-likeness (QED) is 0.773. The second kappa shape index (κ2) is 6.45. The first kappa shape index (κ1) is 14.4. The van der Waals surface area contributed by atoms with E-state index < -0.39 is 0 Å². The number of thiazole rings is 1. The molecular weight excluding hydrogens is 266 g/mol. The number of aromatic nitrogens is 1. The first-order chi connectivity index (χ1) is 9.20. The number of carbonyl (C=O) groups is 1. The van der Waals surface area contributed by atoms with Gasteiger partial charge < -0.3 is 14.2 Å². The van der Waals surface area contributed by atoms with Crippen LogP contribution in [0.4, 0.5) is 0 Å². The number of hydrogen-bond acceptors (Lipinski definition) is 6. The molecule has 19 heavy (non-hydrogen) atoms. The maximum Gasteiger partial charge on any atom is 0.311 e. The third-order valence-electron chi connectivity index (χ3n) is 3.22. The van der Waals surface area contributed by atoms with Crippen LogP contribution in [0.5, 0.6) is 0 Å². The summed E-state index contributed by atoms with van der Waals surface area (Å²) in [5.41, 5.74) is 0.406. The molecule has 2 heterocycles. The number of carbonyl (C=O) groups excluding carboxylic acids is 1. The van der Waals surface area contributed by atoms with Crippen molar-refractivity contribution in [3.8, 4) is 0 Å². The van der Waals surface area contributed by atoms with E-state index in [1.54, 1.807) is 11.3 Å². The van der Waals surface area contributed by atoms with Gasteiger partial charge in [-0.1, -0.05) is 0 Å². The second-order valence-corrected chi connectivity index (χ2v) is 5.29. The van der Waals surface area contributed by atoms with E-state index in [1.807, 2.05) is 12.3 Å². The molecule has 0 N–H and O–H groups in total. The molecule has 0 amide bonds. The first-order valence-corrected chi connectivity index (χ1v) is 7.31. The van der Waals surface area contributed by atoms with Crippen LogP contribution in [-0.2, 0) is 31.0 Å². The van der Waals surface area contributed by atoms with Crippen molar-refractivity contribution < 1.29 is 19.0 Å². The van der Waals surface area contributed by atoms with E-state index in [1.165, 1.54) is 7.11 Å². The summed E-state index contributed by atoms with van der Waals surface area (Å²) in [4.78, 5) is 15.8. The molecule has 1 saturated heterocycles. The van der Waals surface area contributed by atoms with Crippen molar-refractivity contribution in [2.24, 2.45) is 0 Å². The van der Waals surface area contributed by atoms with Gasteiger partial charge in [-0.15, -0.1) is 11.3 Å². The van der Waals surface area contributed by atoms with Gasteiger partial charge in [-0.25, -0.2) is 4.98 Å². The zero-order valence-corrected chi connectivity index (χ0v) is 12.1. The molecule has 1 aromatic heterocycles. The number of hydrogen-bond donors (Lipinski definition) is 0. The molecule has 1 aromatic rings. The molecule has 0 atom stereocenters. The van der Waals surface area contributed by atoms with Crippen LogP contribution in [0.15, 0.2) is 5.38 Å². The lowest BCUT2D eigenvalue weighted by molar-refractivity contribution is -0.139. The highest BCUT2D eigenvalue weighted by Crippen LogP contribution is 2.37. The Bertz CT molecular complexity index is 421. The number of rotatable bonds is 5. The number of esters is 1. The van der Waals surface area contributed by atoms with Crippen molar-refractivity contribution in [3.05, 3.63) is 16.1 Å². The van der Waals surface area contributed by atoms with Crippen molar-refractivity contribution in [2.75, 3.05) is 26.9 Å². The Balaban J connectivity index is 2.15. The van der Waals surface area contributed by atoms with Gasteiger partial charge in [0.2, 0.25) is 0 Å². The number of methoxy groups -OCH3 is 1. The largest absolute Gasteiger partial charge is 0.469 e. The Hall–Kier alpha value is -0.980. The molecule has 0 aromatic carbocycles. The van der Waals surface area contributed by atoms with Crippen LogP contribution in [-0.4, -0.2) is 37.9 Å². The number of nitrogens with zero attached hydrogens (tertiary/aromatic N) is 1. The molecule has 0 aliphatic carbocycles. The molecule has 0 unspecified atom stereocenters. The minimum absolute atomic E-state index is 0.214. The van der Waals surface area contributed by atoms with Gasteiger partial charge in [0.05, 0.1) is 19.2 Å². The van der Waals surface area contributed by atoms with Crippen molar-refractivity contribution >= 4 is 17.3 Å². The lowest BCUT2D eigenvalue weighted by atomic mass is 9.95. The zero-order valence-electron chi connectivity index (χ0n) is 11.3. The summed E-state index contributed by atoms with van der Waals surface area (Å²) < 4.78 is 16.0. The molecule has 5 nitrogen and oxygen atoms in total. The maximum absolute atomic E-state index is 11.3. The highest BCUT2D eigenvalue weighted by Gasteiger charge is 2.38. The molecule has 1 aliphatic rings. The predicted octanol–water partition coefficient (Wildman–Crippen LogP) is 1.90. The Labute approximate surface area is 116 Å². The van der Waals surface area contributed by atoms with E-state index in [4.69, 9.17) is 9.47 Å². The van der Waals surface area contributed by atoms with Crippen LogP contribution < -0.4 is 0 Å². The molecule has 0 spiro atoms. The first-order valence-electron chi connectivity index (χ1n) is 6.43. The van der Waals surface area contributed by atoms with E-state index in [9.17, 15) is 4.79 Å². The van der Waals surface area contributed by atoms with Gasteiger partial charge in [-0.3, -0.25) is 4.79 Å². The average molecular weight is 285 g/mol. The van der Waals surface area contributed by atoms with Crippen LogP contribution in [0.25, 0.3) is 0 Å². The normalized spacial score (nSPS) is 18.2. The van der Waals surface area contributed by atoms with Gasteiger partial charge in [0.25, 0.3) is 0 Å². The van der Waals surface area contributed by atoms with Crippen LogP contribution in [0.3, 0.4) is 0 Å². The van der Waals surface area contributed by atoms with E-state index in [-0.39, 0.29) is 18.0 Å². The summed E-state index contributed by atoms with van der Waals surface area (Å²) in [7, 11) is 1.38. The Kier molecular flexibility index (Phi) is 4.90. The molecular formula is C13H19NO4S. The van der Waals surface area contributed by atoms with Crippen molar-refractivity contribution in [2.45, 2.75) is 31.8 Å². The van der Waals surface area contributed by atoms with E-state index >= 15 is 0 Å². The fraction of sp³-hybridized carbons (Fsp3) is 0.692. The van der Waals surface area contributed by atoms with E-state index in [0.717, 1.165) is 23.5 Å². The molecule has 1 fully saturated rings. The third-order valence-corrected chi connectivity index (χ3v) is 4.29. The molecule has 0 bridgehead atoms. The SMILES string of the molecule is CCOC1(c2nc(CC(=O)OC)cs2)CCOCC1. The molecule has 106 valence electrons. The molecule has 0 saturated carbocycles. The Morgan fingerprint density at radius 1 is 1.53 bits per heavy atom. The minimum Gasteiger partial charge on any atom is -0.469 e. The van der Waals surface area contributed by atoms with Crippen molar-refractivity contribution in [1.82, 2.24) is 4.98 Å². The highest BCUT2D eigenvalue weighted by molar-refractivity contribution is 7.09. The molecule has 2 rings (SSSR count).